The molecule has 1 aliphatic rings. The van der Waals surface area contributed by atoms with Crippen molar-refractivity contribution in [1.29, 1.82) is 0 Å². The Kier molecular flexibility index (Phi) is 4.07. The summed E-state index contributed by atoms with van der Waals surface area (Å²) in [5.41, 5.74) is 0.933. The topological polar surface area (TPSA) is 64.4 Å². The fraction of sp³-hybridized carbons (Fsp3) is 0.385. The van der Waals surface area contributed by atoms with Crippen LogP contribution in [0.2, 0.25) is 0 Å². The van der Waals surface area contributed by atoms with E-state index in [0.717, 1.165) is 12.2 Å². The van der Waals surface area contributed by atoms with Gasteiger partial charge in [0.15, 0.2) is 0 Å². The van der Waals surface area contributed by atoms with E-state index in [-0.39, 0.29) is 16.7 Å². The number of nitrogens with one attached hydrogen (secondary N) is 1. The number of hydrogen-bond acceptors (Lipinski definition) is 4. The van der Waals surface area contributed by atoms with Crippen LogP contribution in [0.1, 0.15) is 12.5 Å². The summed E-state index contributed by atoms with van der Waals surface area (Å²) in [7, 11) is 0. The van der Waals surface area contributed by atoms with E-state index in [1.54, 1.807) is 12.1 Å². The molecule has 0 aliphatic carbocycles. The van der Waals surface area contributed by atoms with Crippen LogP contribution < -0.4 is 5.32 Å². The Morgan fingerprint density at radius 2 is 2.33 bits per heavy atom. The molecule has 1 aliphatic heterocycles. The highest BCUT2D eigenvalue weighted by molar-refractivity contribution is 5.54. The van der Waals surface area contributed by atoms with E-state index in [1.807, 2.05) is 18.2 Å². The summed E-state index contributed by atoms with van der Waals surface area (Å²) in [6.07, 6.45) is 3.86. The minimum Gasteiger partial charge on any atom is -0.378 e. The van der Waals surface area contributed by atoms with Crippen molar-refractivity contribution in [3.05, 3.63) is 46.0 Å². The number of benzene rings is 1. The molecule has 5 heteroatoms. The standard InChI is InChI=1S/C13H16N2O3/c1-10-8-18-9-12(14-10)6-5-11-3-2-4-13(7-11)15(16)17/h2-7,10,12,14H,8-9H2,1H3/b6-5+. The average Bonchev–Trinajstić information content (AvgIpc) is 2.37. The number of morpholine rings is 1. The molecular weight excluding hydrogens is 232 g/mol. The lowest BCUT2D eigenvalue weighted by Gasteiger charge is -2.26. The first-order chi connectivity index (χ1) is 8.65. The van der Waals surface area contributed by atoms with Crippen molar-refractivity contribution >= 4 is 11.8 Å². The van der Waals surface area contributed by atoms with Crippen molar-refractivity contribution in [2.24, 2.45) is 0 Å². The Balaban J connectivity index is 2.04. The first kappa shape index (κ1) is 12.7. The summed E-state index contributed by atoms with van der Waals surface area (Å²) >= 11 is 0. The monoisotopic (exact) mass is 248 g/mol. The summed E-state index contributed by atoms with van der Waals surface area (Å²) in [5, 5.41) is 14.0. The van der Waals surface area contributed by atoms with Crippen molar-refractivity contribution in [2.45, 2.75) is 19.0 Å². The maximum atomic E-state index is 10.7. The summed E-state index contributed by atoms with van der Waals surface area (Å²) in [4.78, 5) is 10.3. The fourth-order valence-electron chi connectivity index (χ4n) is 1.91. The normalized spacial score (nSPS) is 24.3. The predicted octanol–water partition coefficient (Wildman–Crippen LogP) is 1.98. The van der Waals surface area contributed by atoms with E-state index >= 15 is 0 Å². The number of nitrogens with zero attached hydrogens (tertiary/aromatic N) is 1. The van der Waals surface area contributed by atoms with Gasteiger partial charge in [-0.1, -0.05) is 24.3 Å². The zero-order chi connectivity index (χ0) is 13.0. The molecule has 96 valence electrons. The molecule has 18 heavy (non-hydrogen) atoms. The van der Waals surface area contributed by atoms with Crippen LogP contribution in [-0.2, 0) is 4.74 Å². The van der Waals surface area contributed by atoms with Gasteiger partial charge < -0.3 is 10.1 Å². The first-order valence-electron chi connectivity index (χ1n) is 5.91. The molecule has 2 rings (SSSR count). The molecule has 1 aromatic rings. The van der Waals surface area contributed by atoms with Gasteiger partial charge in [-0.25, -0.2) is 0 Å². The molecular formula is C13H16N2O3. The number of nitro benzene ring substituents is 1. The van der Waals surface area contributed by atoms with E-state index in [9.17, 15) is 10.1 Å². The number of hydrogen-bond donors (Lipinski definition) is 1. The van der Waals surface area contributed by atoms with Crippen molar-refractivity contribution in [3.8, 4) is 0 Å². The first-order valence-corrected chi connectivity index (χ1v) is 5.91. The van der Waals surface area contributed by atoms with E-state index in [2.05, 4.69) is 12.2 Å². The van der Waals surface area contributed by atoms with Gasteiger partial charge in [0.25, 0.3) is 5.69 Å². The average molecular weight is 248 g/mol. The van der Waals surface area contributed by atoms with Crippen LogP contribution in [0.4, 0.5) is 5.69 Å². The molecule has 0 bridgehead atoms. The Morgan fingerprint density at radius 1 is 1.50 bits per heavy atom. The van der Waals surface area contributed by atoms with E-state index in [1.165, 1.54) is 6.07 Å². The van der Waals surface area contributed by atoms with Gasteiger partial charge >= 0.3 is 0 Å². The molecule has 0 amide bonds. The molecule has 0 spiro atoms. The smallest absolute Gasteiger partial charge is 0.270 e. The summed E-state index contributed by atoms with van der Waals surface area (Å²) in [5.74, 6) is 0. The highest BCUT2D eigenvalue weighted by Crippen LogP contribution is 2.14. The Bertz CT molecular complexity index is 459. The van der Waals surface area contributed by atoms with Gasteiger partial charge in [0, 0.05) is 24.2 Å². The van der Waals surface area contributed by atoms with Gasteiger partial charge in [-0.15, -0.1) is 0 Å². The Hall–Kier alpha value is -1.72. The second-order valence-electron chi connectivity index (χ2n) is 4.42. The third-order valence-corrected chi connectivity index (χ3v) is 2.77. The zero-order valence-corrected chi connectivity index (χ0v) is 10.2. The van der Waals surface area contributed by atoms with Crippen LogP contribution in [0.3, 0.4) is 0 Å². The van der Waals surface area contributed by atoms with Crippen LogP contribution in [0.5, 0.6) is 0 Å². The van der Waals surface area contributed by atoms with Crippen LogP contribution in [-0.4, -0.2) is 30.2 Å². The van der Waals surface area contributed by atoms with Crippen molar-refractivity contribution in [1.82, 2.24) is 5.32 Å². The fourth-order valence-corrected chi connectivity index (χ4v) is 1.91. The van der Waals surface area contributed by atoms with Gasteiger partial charge in [-0.3, -0.25) is 10.1 Å². The minimum absolute atomic E-state index is 0.110. The molecule has 1 aromatic carbocycles. The van der Waals surface area contributed by atoms with Gasteiger partial charge in [0.2, 0.25) is 0 Å². The third kappa shape index (κ3) is 3.38. The van der Waals surface area contributed by atoms with Crippen molar-refractivity contribution in [3.63, 3.8) is 0 Å². The second-order valence-corrected chi connectivity index (χ2v) is 4.42. The molecule has 5 nitrogen and oxygen atoms in total. The van der Waals surface area contributed by atoms with Gasteiger partial charge in [0.05, 0.1) is 18.1 Å². The van der Waals surface area contributed by atoms with E-state index in [4.69, 9.17) is 4.74 Å². The lowest BCUT2D eigenvalue weighted by molar-refractivity contribution is -0.384. The molecule has 1 N–H and O–H groups in total. The molecule has 1 saturated heterocycles. The Morgan fingerprint density at radius 3 is 3.06 bits per heavy atom. The second kappa shape index (κ2) is 5.75. The molecule has 2 unspecified atom stereocenters. The molecule has 1 fully saturated rings. The van der Waals surface area contributed by atoms with Crippen LogP contribution in [0.15, 0.2) is 30.3 Å². The summed E-state index contributed by atoms with van der Waals surface area (Å²) in [6, 6.07) is 7.07. The highest BCUT2D eigenvalue weighted by atomic mass is 16.6. The van der Waals surface area contributed by atoms with E-state index < -0.39 is 0 Å². The predicted molar refractivity (Wildman–Crippen MR) is 69.3 cm³/mol. The molecule has 0 saturated carbocycles. The minimum atomic E-state index is -0.388. The molecule has 0 aromatic heterocycles. The maximum Gasteiger partial charge on any atom is 0.270 e. The van der Waals surface area contributed by atoms with Crippen molar-refractivity contribution in [2.75, 3.05) is 13.2 Å². The molecule has 1 heterocycles. The van der Waals surface area contributed by atoms with Gasteiger partial charge in [0.1, 0.15) is 0 Å². The molecule has 0 radical (unpaired) electrons. The lowest BCUT2D eigenvalue weighted by Crippen LogP contribution is -2.46. The SMILES string of the molecule is CC1COCC(/C=C/c2cccc([N+](=O)[O-])c2)N1. The molecule has 2 atom stereocenters. The number of ether oxygens (including phenoxy) is 1. The number of rotatable bonds is 3. The van der Waals surface area contributed by atoms with Gasteiger partial charge in [-0.05, 0) is 12.5 Å². The summed E-state index contributed by atoms with van der Waals surface area (Å²) < 4.78 is 5.42. The largest absolute Gasteiger partial charge is 0.378 e. The Labute approximate surface area is 106 Å². The zero-order valence-electron chi connectivity index (χ0n) is 10.2. The summed E-state index contributed by atoms with van der Waals surface area (Å²) in [6.45, 7) is 3.42. The van der Waals surface area contributed by atoms with E-state index in [0.29, 0.717) is 12.6 Å². The van der Waals surface area contributed by atoms with Crippen LogP contribution >= 0.6 is 0 Å². The maximum absolute atomic E-state index is 10.7. The number of non-ortho nitro benzene ring substituents is 1. The lowest BCUT2D eigenvalue weighted by atomic mass is 10.1. The number of nitro groups is 1. The quantitative estimate of drug-likeness (QED) is 0.656. The van der Waals surface area contributed by atoms with Gasteiger partial charge in [-0.2, -0.15) is 0 Å². The third-order valence-electron chi connectivity index (χ3n) is 2.77. The van der Waals surface area contributed by atoms with Crippen LogP contribution in [0, 0.1) is 10.1 Å². The highest BCUT2D eigenvalue weighted by Gasteiger charge is 2.15. The van der Waals surface area contributed by atoms with Crippen LogP contribution in [0.25, 0.3) is 6.08 Å². The van der Waals surface area contributed by atoms with Crippen molar-refractivity contribution < 1.29 is 9.66 Å².